The number of pyridine rings is 1. The Morgan fingerprint density at radius 1 is 0.871 bits per heavy atom. The van der Waals surface area contributed by atoms with E-state index in [1.165, 1.54) is 12.1 Å². The second kappa shape index (κ2) is 14.5. The van der Waals surface area contributed by atoms with Gasteiger partial charge >= 0.3 is 5.97 Å². The molecule has 0 fully saturated rings. The van der Waals surface area contributed by atoms with E-state index in [2.05, 4.69) is 26.2 Å². The molecule has 0 bridgehead atoms. The first-order valence-corrected chi connectivity index (χ1v) is 10.5. The molecule has 0 aliphatic rings. The zero-order valence-corrected chi connectivity index (χ0v) is 18.5. The minimum Gasteiger partial charge on any atom is -0.478 e. The number of amides is 1. The Labute approximate surface area is 188 Å². The maximum atomic E-state index is 12.1. The zero-order valence-electron chi connectivity index (χ0n) is 16.9. The maximum Gasteiger partial charge on any atom is 0.336 e. The van der Waals surface area contributed by atoms with Crippen LogP contribution in [0.2, 0.25) is 0 Å². The molecule has 2 N–H and O–H groups in total. The number of carboxylic acids is 1. The summed E-state index contributed by atoms with van der Waals surface area (Å²) in [5.41, 5.74) is 0.0879. The summed E-state index contributed by atoms with van der Waals surface area (Å²) < 4.78 is 22.5. The van der Waals surface area contributed by atoms with Crippen molar-refractivity contribution in [3.8, 4) is 5.88 Å². The van der Waals surface area contributed by atoms with Crippen molar-refractivity contribution in [3.63, 3.8) is 0 Å². The van der Waals surface area contributed by atoms with Gasteiger partial charge in [-0.25, -0.2) is 9.78 Å². The zero-order chi connectivity index (χ0) is 22.3. The average molecular weight is 497 g/mol. The Morgan fingerprint density at radius 3 is 2.10 bits per heavy atom. The lowest BCUT2D eigenvalue weighted by atomic mass is 10.1. The topological polar surface area (TPSA) is 116 Å². The Balaban J connectivity index is 1.41. The van der Waals surface area contributed by atoms with Crippen LogP contribution in [0.25, 0.3) is 0 Å². The summed E-state index contributed by atoms with van der Waals surface area (Å²) in [6.07, 6.45) is 1.67. The van der Waals surface area contributed by atoms with Crippen LogP contribution in [0.4, 0.5) is 0 Å². The first-order chi connectivity index (χ1) is 15.1. The molecule has 0 saturated carbocycles. The van der Waals surface area contributed by atoms with E-state index < -0.39 is 11.9 Å². The number of nitrogens with one attached hydrogen (secondary N) is 1. The van der Waals surface area contributed by atoms with Gasteiger partial charge in [0.15, 0.2) is 0 Å². The number of aromatic carboxylic acids is 1. The average Bonchev–Trinajstić information content (AvgIpc) is 2.78. The fourth-order valence-corrected chi connectivity index (χ4v) is 2.63. The molecule has 0 spiro atoms. The van der Waals surface area contributed by atoms with Crippen molar-refractivity contribution in [3.05, 3.63) is 58.2 Å². The van der Waals surface area contributed by atoms with Crippen molar-refractivity contribution in [2.75, 3.05) is 52.8 Å². The van der Waals surface area contributed by atoms with E-state index in [9.17, 15) is 9.59 Å². The molecule has 0 aliphatic heterocycles. The van der Waals surface area contributed by atoms with Crippen LogP contribution < -0.4 is 10.1 Å². The van der Waals surface area contributed by atoms with Crippen molar-refractivity contribution in [1.29, 1.82) is 0 Å². The Bertz CT molecular complexity index is 818. The quantitative estimate of drug-likeness (QED) is 0.361. The van der Waals surface area contributed by atoms with E-state index in [-0.39, 0.29) is 17.7 Å². The third-order valence-electron chi connectivity index (χ3n) is 3.86. The number of carbonyl (C=O) groups is 2. The maximum absolute atomic E-state index is 12.1. The molecule has 0 unspecified atom stereocenters. The molecular weight excluding hydrogens is 472 g/mol. The summed E-state index contributed by atoms with van der Waals surface area (Å²) in [7, 11) is 0. The van der Waals surface area contributed by atoms with Crippen LogP contribution in [0.3, 0.4) is 0 Å². The van der Waals surface area contributed by atoms with Gasteiger partial charge in [-0.2, -0.15) is 0 Å². The molecule has 1 aromatic heterocycles. The monoisotopic (exact) mass is 496 g/mol. The molecule has 31 heavy (non-hydrogen) atoms. The Hall–Kier alpha value is -2.53. The summed E-state index contributed by atoms with van der Waals surface area (Å²) in [5, 5.41) is 11.7. The van der Waals surface area contributed by atoms with Gasteiger partial charge in [0, 0.05) is 23.3 Å². The summed E-state index contributed by atoms with van der Waals surface area (Å²) in [6.45, 7) is 3.05. The van der Waals surface area contributed by atoms with E-state index in [4.69, 9.17) is 24.1 Å². The van der Waals surface area contributed by atoms with Crippen LogP contribution in [0.15, 0.2) is 47.1 Å². The molecule has 9 nitrogen and oxygen atoms in total. The second-order valence-corrected chi connectivity index (χ2v) is 7.02. The van der Waals surface area contributed by atoms with Gasteiger partial charge in [-0.3, -0.25) is 4.79 Å². The number of hydrogen-bond donors (Lipinski definition) is 2. The molecule has 168 valence electrons. The highest BCUT2D eigenvalue weighted by Crippen LogP contribution is 2.12. The van der Waals surface area contributed by atoms with E-state index in [0.717, 1.165) is 4.47 Å². The van der Waals surface area contributed by atoms with Crippen LogP contribution in [0, 0.1) is 0 Å². The largest absolute Gasteiger partial charge is 0.478 e. The van der Waals surface area contributed by atoms with Crippen LogP contribution in [0.1, 0.15) is 20.7 Å². The number of aromatic nitrogens is 1. The SMILES string of the molecule is O=C(O)c1ccccc1C(=O)NCCOCCOCCOCCOc1ccc(Br)cn1. The smallest absolute Gasteiger partial charge is 0.336 e. The standard InChI is InChI=1S/C21H25BrN2O7/c22-16-5-6-19(24-15-16)31-14-13-30-12-11-29-10-9-28-8-7-23-20(25)17-3-1-2-4-18(17)21(26)27/h1-6,15H,7-14H2,(H,23,25)(H,26,27). The molecule has 2 aromatic rings. The van der Waals surface area contributed by atoms with Gasteiger partial charge in [-0.15, -0.1) is 0 Å². The van der Waals surface area contributed by atoms with Crippen molar-refractivity contribution < 1.29 is 33.6 Å². The Kier molecular flexibility index (Phi) is 11.5. The minimum absolute atomic E-state index is 0.0342. The molecule has 2 rings (SSSR count). The normalized spacial score (nSPS) is 10.6. The highest BCUT2D eigenvalue weighted by Gasteiger charge is 2.14. The third kappa shape index (κ3) is 9.88. The lowest BCUT2D eigenvalue weighted by molar-refractivity contribution is 0.00964. The lowest BCUT2D eigenvalue weighted by Crippen LogP contribution is -2.29. The fraction of sp³-hybridized carbons (Fsp3) is 0.381. The van der Waals surface area contributed by atoms with E-state index in [1.54, 1.807) is 24.4 Å². The number of hydrogen-bond acceptors (Lipinski definition) is 7. The molecule has 0 atom stereocenters. The van der Waals surface area contributed by atoms with Gasteiger partial charge in [0.1, 0.15) is 6.61 Å². The second-order valence-electron chi connectivity index (χ2n) is 6.11. The molecule has 1 aromatic carbocycles. The number of carboxylic acid groups (broad SMARTS) is 1. The summed E-state index contributed by atoms with van der Waals surface area (Å²) >= 11 is 3.31. The van der Waals surface area contributed by atoms with Crippen molar-refractivity contribution in [2.24, 2.45) is 0 Å². The molecule has 1 amide bonds. The molecule has 0 aliphatic carbocycles. The number of ether oxygens (including phenoxy) is 4. The van der Waals surface area contributed by atoms with Crippen LogP contribution in [-0.4, -0.2) is 74.8 Å². The van der Waals surface area contributed by atoms with E-state index in [0.29, 0.717) is 52.1 Å². The first-order valence-electron chi connectivity index (χ1n) is 9.66. The third-order valence-corrected chi connectivity index (χ3v) is 4.33. The molecule has 0 saturated heterocycles. The number of rotatable bonds is 15. The van der Waals surface area contributed by atoms with Gasteiger partial charge in [0.05, 0.1) is 50.8 Å². The van der Waals surface area contributed by atoms with Crippen molar-refractivity contribution in [1.82, 2.24) is 10.3 Å². The molecule has 0 radical (unpaired) electrons. The lowest BCUT2D eigenvalue weighted by Gasteiger charge is -2.09. The van der Waals surface area contributed by atoms with E-state index >= 15 is 0 Å². The predicted octanol–water partition coefficient (Wildman–Crippen LogP) is 2.40. The van der Waals surface area contributed by atoms with Gasteiger partial charge in [0.2, 0.25) is 5.88 Å². The number of halogens is 1. The summed E-state index contributed by atoms with van der Waals surface area (Å²) in [5.74, 6) is -1.05. The van der Waals surface area contributed by atoms with Crippen molar-refractivity contribution in [2.45, 2.75) is 0 Å². The van der Waals surface area contributed by atoms with Gasteiger partial charge < -0.3 is 29.4 Å². The highest BCUT2D eigenvalue weighted by molar-refractivity contribution is 9.10. The van der Waals surface area contributed by atoms with Gasteiger partial charge in [0.25, 0.3) is 5.91 Å². The minimum atomic E-state index is -1.14. The van der Waals surface area contributed by atoms with Crippen LogP contribution in [0.5, 0.6) is 5.88 Å². The fourth-order valence-electron chi connectivity index (χ4n) is 2.39. The number of carbonyl (C=O) groups excluding carboxylic acids is 1. The molecular formula is C21H25BrN2O7. The van der Waals surface area contributed by atoms with Crippen LogP contribution >= 0.6 is 15.9 Å². The predicted molar refractivity (Wildman–Crippen MR) is 116 cm³/mol. The van der Waals surface area contributed by atoms with Gasteiger partial charge in [-0.1, -0.05) is 12.1 Å². The summed E-state index contributed by atoms with van der Waals surface area (Å²) in [6, 6.07) is 9.68. The van der Waals surface area contributed by atoms with E-state index in [1.807, 2.05) is 6.07 Å². The van der Waals surface area contributed by atoms with Gasteiger partial charge in [-0.05, 0) is 34.1 Å². The highest BCUT2D eigenvalue weighted by atomic mass is 79.9. The first kappa shape index (κ1) is 24.7. The summed E-state index contributed by atoms with van der Waals surface area (Å²) in [4.78, 5) is 27.3. The molecule has 10 heteroatoms. The Morgan fingerprint density at radius 2 is 1.48 bits per heavy atom. The molecule has 1 heterocycles. The number of nitrogens with zero attached hydrogens (tertiary/aromatic N) is 1. The number of benzene rings is 1. The van der Waals surface area contributed by atoms with Crippen molar-refractivity contribution >= 4 is 27.8 Å². The van der Waals surface area contributed by atoms with Crippen LogP contribution in [-0.2, 0) is 14.2 Å².